The van der Waals surface area contributed by atoms with Crippen molar-refractivity contribution >= 4 is 5.82 Å². The fourth-order valence-corrected chi connectivity index (χ4v) is 1.85. The number of hydrogen-bond acceptors (Lipinski definition) is 3. The lowest BCUT2D eigenvalue weighted by Crippen LogP contribution is -2.35. The van der Waals surface area contributed by atoms with Crippen LogP contribution in [-0.2, 0) is 6.42 Å². The Hall–Kier alpha value is -1.03. The molecule has 1 fully saturated rings. The molecule has 1 aliphatic rings. The van der Waals surface area contributed by atoms with Crippen LogP contribution in [0.5, 0.6) is 0 Å². The smallest absolute Gasteiger partial charge is 0.145 e. The summed E-state index contributed by atoms with van der Waals surface area (Å²) in [6.45, 7) is 1.15. The van der Waals surface area contributed by atoms with E-state index in [9.17, 15) is 0 Å². The second kappa shape index (κ2) is 3.79. The van der Waals surface area contributed by atoms with Crippen molar-refractivity contribution in [2.75, 3.05) is 12.3 Å². The molecule has 0 aromatic carbocycles. The van der Waals surface area contributed by atoms with E-state index >= 15 is 0 Å². The molecule has 0 spiro atoms. The fraction of sp³-hybridized carbons (Fsp3) is 0.667. The summed E-state index contributed by atoms with van der Waals surface area (Å²) in [5, 5.41) is 10.3. The second-order valence-electron chi connectivity index (χ2n) is 3.67. The maximum Gasteiger partial charge on any atom is 0.145 e. The van der Waals surface area contributed by atoms with Crippen LogP contribution in [0.2, 0.25) is 0 Å². The van der Waals surface area contributed by atoms with Crippen molar-refractivity contribution in [2.45, 2.75) is 31.7 Å². The summed E-state index contributed by atoms with van der Waals surface area (Å²) < 4.78 is 0. The lowest BCUT2D eigenvalue weighted by molar-refractivity contribution is 0.397. The number of nitrogens with zero attached hydrogens (tertiary/aromatic N) is 1. The Kier molecular flexibility index (Phi) is 2.49. The largest absolute Gasteiger partial charge is 0.382 e. The SMILES string of the molecule is Nc1cc(CC2CCCCN2)[nH]n1. The van der Waals surface area contributed by atoms with Crippen LogP contribution < -0.4 is 11.1 Å². The first kappa shape index (κ1) is 8.56. The monoisotopic (exact) mass is 180 g/mol. The molecule has 0 aliphatic carbocycles. The zero-order valence-electron chi connectivity index (χ0n) is 7.71. The van der Waals surface area contributed by atoms with Gasteiger partial charge in [-0.2, -0.15) is 5.10 Å². The molecule has 2 rings (SSSR count). The molecule has 0 amide bonds. The van der Waals surface area contributed by atoms with Crippen LogP contribution in [-0.4, -0.2) is 22.8 Å². The van der Waals surface area contributed by atoms with E-state index in [0.29, 0.717) is 11.9 Å². The third kappa shape index (κ3) is 2.21. The van der Waals surface area contributed by atoms with Crippen molar-refractivity contribution in [1.82, 2.24) is 15.5 Å². The van der Waals surface area contributed by atoms with Crippen molar-refractivity contribution < 1.29 is 0 Å². The number of anilines is 1. The van der Waals surface area contributed by atoms with Crippen molar-refractivity contribution in [3.8, 4) is 0 Å². The van der Waals surface area contributed by atoms with Crippen LogP contribution in [0, 0.1) is 0 Å². The molecule has 1 aromatic heterocycles. The molecule has 1 aliphatic heterocycles. The Labute approximate surface area is 77.9 Å². The number of aromatic nitrogens is 2. The number of aromatic amines is 1. The van der Waals surface area contributed by atoms with E-state index in [1.807, 2.05) is 6.07 Å². The number of nitrogens with one attached hydrogen (secondary N) is 2. The van der Waals surface area contributed by atoms with Gasteiger partial charge in [-0.15, -0.1) is 0 Å². The van der Waals surface area contributed by atoms with Gasteiger partial charge in [0.05, 0.1) is 0 Å². The molecule has 4 heteroatoms. The lowest BCUT2D eigenvalue weighted by Gasteiger charge is -2.22. The highest BCUT2D eigenvalue weighted by molar-refractivity contribution is 5.28. The average molecular weight is 180 g/mol. The van der Waals surface area contributed by atoms with Gasteiger partial charge in [0.2, 0.25) is 0 Å². The molecule has 13 heavy (non-hydrogen) atoms. The van der Waals surface area contributed by atoms with Gasteiger partial charge < -0.3 is 11.1 Å². The van der Waals surface area contributed by atoms with Gasteiger partial charge in [-0.05, 0) is 19.4 Å². The van der Waals surface area contributed by atoms with Crippen molar-refractivity contribution in [2.24, 2.45) is 0 Å². The first-order chi connectivity index (χ1) is 6.34. The molecule has 4 N–H and O–H groups in total. The van der Waals surface area contributed by atoms with E-state index < -0.39 is 0 Å². The van der Waals surface area contributed by atoms with Gasteiger partial charge in [0.25, 0.3) is 0 Å². The molecule has 0 bridgehead atoms. The van der Waals surface area contributed by atoms with E-state index in [0.717, 1.165) is 18.7 Å². The summed E-state index contributed by atoms with van der Waals surface area (Å²) in [5.74, 6) is 0.589. The Morgan fingerprint density at radius 2 is 2.46 bits per heavy atom. The molecule has 4 nitrogen and oxygen atoms in total. The first-order valence-electron chi connectivity index (χ1n) is 4.88. The van der Waals surface area contributed by atoms with E-state index in [2.05, 4.69) is 15.5 Å². The fourth-order valence-electron chi connectivity index (χ4n) is 1.85. The number of nitrogen functional groups attached to an aromatic ring is 1. The number of piperidine rings is 1. The summed E-state index contributed by atoms with van der Waals surface area (Å²) in [5.41, 5.74) is 6.66. The first-order valence-corrected chi connectivity index (χ1v) is 4.88. The van der Waals surface area contributed by atoms with E-state index in [4.69, 9.17) is 5.73 Å². The van der Waals surface area contributed by atoms with E-state index in [-0.39, 0.29) is 0 Å². The molecular weight excluding hydrogens is 164 g/mol. The summed E-state index contributed by atoms with van der Waals surface area (Å²) in [4.78, 5) is 0. The third-order valence-corrected chi connectivity index (χ3v) is 2.53. The molecule has 1 unspecified atom stereocenters. The Balaban J connectivity index is 1.89. The summed E-state index contributed by atoms with van der Waals surface area (Å²) in [6, 6.07) is 2.52. The quantitative estimate of drug-likeness (QED) is 0.627. The number of nitrogens with two attached hydrogens (primary N) is 1. The zero-order valence-corrected chi connectivity index (χ0v) is 7.71. The van der Waals surface area contributed by atoms with Crippen molar-refractivity contribution in [1.29, 1.82) is 0 Å². The molecule has 72 valence electrons. The molecule has 1 aromatic rings. The zero-order chi connectivity index (χ0) is 9.10. The van der Waals surface area contributed by atoms with Gasteiger partial charge in [-0.1, -0.05) is 6.42 Å². The second-order valence-corrected chi connectivity index (χ2v) is 3.67. The molecule has 0 saturated carbocycles. The molecule has 0 radical (unpaired) electrons. The van der Waals surface area contributed by atoms with E-state index in [1.165, 1.54) is 19.3 Å². The molecule has 1 saturated heterocycles. The van der Waals surface area contributed by atoms with Crippen LogP contribution in [0.25, 0.3) is 0 Å². The van der Waals surface area contributed by atoms with Gasteiger partial charge in [0, 0.05) is 24.2 Å². The summed E-state index contributed by atoms with van der Waals surface area (Å²) >= 11 is 0. The number of hydrogen-bond donors (Lipinski definition) is 3. The highest BCUT2D eigenvalue weighted by Gasteiger charge is 2.13. The third-order valence-electron chi connectivity index (χ3n) is 2.53. The topological polar surface area (TPSA) is 66.7 Å². The number of rotatable bonds is 2. The maximum atomic E-state index is 5.52. The van der Waals surface area contributed by atoms with Crippen LogP contribution in [0.3, 0.4) is 0 Å². The minimum absolute atomic E-state index is 0.589. The van der Waals surface area contributed by atoms with Gasteiger partial charge in [-0.3, -0.25) is 5.10 Å². The molecule has 1 atom stereocenters. The minimum atomic E-state index is 0.589. The highest BCUT2D eigenvalue weighted by atomic mass is 15.2. The van der Waals surface area contributed by atoms with Gasteiger partial charge >= 0.3 is 0 Å². The number of H-pyrrole nitrogens is 1. The summed E-state index contributed by atoms with van der Waals surface area (Å²) in [7, 11) is 0. The predicted octanol–water partition coefficient (Wildman–Crippen LogP) is 0.676. The molecule has 2 heterocycles. The van der Waals surface area contributed by atoms with Crippen molar-refractivity contribution in [3.05, 3.63) is 11.8 Å². The predicted molar refractivity (Wildman–Crippen MR) is 52.3 cm³/mol. The highest BCUT2D eigenvalue weighted by Crippen LogP contribution is 2.12. The van der Waals surface area contributed by atoms with Gasteiger partial charge in [0.15, 0.2) is 0 Å². The molecular formula is C9H16N4. The van der Waals surface area contributed by atoms with Crippen LogP contribution >= 0.6 is 0 Å². The Morgan fingerprint density at radius 3 is 3.08 bits per heavy atom. The van der Waals surface area contributed by atoms with Crippen LogP contribution in [0.4, 0.5) is 5.82 Å². The standard InChI is InChI=1S/C9H16N4/c10-9-6-8(12-13-9)5-7-3-1-2-4-11-7/h6-7,11H,1-5H2,(H3,10,12,13). The van der Waals surface area contributed by atoms with Crippen LogP contribution in [0.1, 0.15) is 25.0 Å². The Morgan fingerprint density at radius 1 is 1.54 bits per heavy atom. The van der Waals surface area contributed by atoms with Gasteiger partial charge in [-0.25, -0.2) is 0 Å². The van der Waals surface area contributed by atoms with E-state index in [1.54, 1.807) is 0 Å². The van der Waals surface area contributed by atoms with Crippen molar-refractivity contribution in [3.63, 3.8) is 0 Å². The maximum absolute atomic E-state index is 5.52. The Bertz CT molecular complexity index is 262. The lowest BCUT2D eigenvalue weighted by atomic mass is 10.0. The minimum Gasteiger partial charge on any atom is -0.382 e. The summed E-state index contributed by atoms with van der Waals surface area (Å²) in [6.07, 6.45) is 4.92. The normalized spacial score (nSPS) is 23.2. The van der Waals surface area contributed by atoms with Gasteiger partial charge in [0.1, 0.15) is 5.82 Å². The average Bonchev–Trinajstić information content (AvgIpc) is 2.53. The van der Waals surface area contributed by atoms with Crippen LogP contribution in [0.15, 0.2) is 6.07 Å².